The second-order valence-corrected chi connectivity index (χ2v) is 6.08. The molecule has 6 heteroatoms. The van der Waals surface area contributed by atoms with Crippen LogP contribution < -0.4 is 10.6 Å². The van der Waals surface area contributed by atoms with Crippen molar-refractivity contribution >= 4 is 12.0 Å². The molecule has 3 N–H and O–H groups in total. The third-order valence-corrected chi connectivity index (χ3v) is 3.95. The van der Waals surface area contributed by atoms with Crippen molar-refractivity contribution in [3.05, 3.63) is 0 Å². The van der Waals surface area contributed by atoms with Crippen LogP contribution in [0.5, 0.6) is 0 Å². The molecule has 1 rings (SSSR count). The van der Waals surface area contributed by atoms with Gasteiger partial charge in [-0.3, -0.25) is 4.79 Å². The van der Waals surface area contributed by atoms with Crippen molar-refractivity contribution in [2.45, 2.75) is 52.0 Å². The molecule has 0 aromatic carbocycles. The minimum Gasteiger partial charge on any atom is -0.481 e. The first-order valence-corrected chi connectivity index (χ1v) is 7.96. The van der Waals surface area contributed by atoms with Crippen LogP contribution in [0.4, 0.5) is 4.79 Å². The number of hydrogen-bond donors (Lipinski definition) is 3. The molecule has 21 heavy (non-hydrogen) atoms. The average Bonchev–Trinajstić information content (AvgIpc) is 2.89. The van der Waals surface area contributed by atoms with E-state index in [1.807, 2.05) is 0 Å². The van der Waals surface area contributed by atoms with Gasteiger partial charge in [0.25, 0.3) is 0 Å². The summed E-state index contributed by atoms with van der Waals surface area (Å²) in [6, 6.07) is 0.464. The Bertz CT molecular complexity index is 334. The van der Waals surface area contributed by atoms with Crippen molar-refractivity contribution in [1.82, 2.24) is 15.5 Å². The Morgan fingerprint density at radius 2 is 2.00 bits per heavy atom. The van der Waals surface area contributed by atoms with E-state index in [-0.39, 0.29) is 12.5 Å². The van der Waals surface area contributed by atoms with Crippen molar-refractivity contribution in [3.63, 3.8) is 0 Å². The van der Waals surface area contributed by atoms with E-state index in [1.165, 1.54) is 0 Å². The van der Waals surface area contributed by atoms with E-state index in [9.17, 15) is 9.59 Å². The molecule has 1 saturated heterocycles. The Balaban J connectivity index is 1.98. The monoisotopic (exact) mass is 299 g/mol. The SMILES string of the molecule is CC(C)N1CCC(CNC(=O)NCCCCCC(=O)O)C1. The number of aliphatic carboxylic acids is 1. The van der Waals surface area contributed by atoms with Gasteiger partial charge in [0.1, 0.15) is 0 Å². The maximum absolute atomic E-state index is 11.6. The van der Waals surface area contributed by atoms with Crippen LogP contribution in [0.2, 0.25) is 0 Å². The first kappa shape index (κ1) is 17.8. The summed E-state index contributed by atoms with van der Waals surface area (Å²) >= 11 is 0. The Hall–Kier alpha value is -1.30. The quantitative estimate of drug-likeness (QED) is 0.566. The number of amides is 2. The van der Waals surface area contributed by atoms with Crippen LogP contribution in [-0.2, 0) is 4.79 Å². The predicted molar refractivity (Wildman–Crippen MR) is 82.3 cm³/mol. The first-order valence-electron chi connectivity index (χ1n) is 7.96. The van der Waals surface area contributed by atoms with E-state index in [1.54, 1.807) is 0 Å². The van der Waals surface area contributed by atoms with E-state index in [0.717, 1.165) is 38.9 Å². The summed E-state index contributed by atoms with van der Waals surface area (Å²) < 4.78 is 0. The highest BCUT2D eigenvalue weighted by Crippen LogP contribution is 2.17. The van der Waals surface area contributed by atoms with Crippen molar-refractivity contribution < 1.29 is 14.7 Å². The fourth-order valence-electron chi connectivity index (χ4n) is 2.58. The molecule has 0 aromatic rings. The molecule has 0 radical (unpaired) electrons. The van der Waals surface area contributed by atoms with Gasteiger partial charge in [-0.25, -0.2) is 4.79 Å². The summed E-state index contributed by atoms with van der Waals surface area (Å²) in [5, 5.41) is 14.2. The molecule has 0 aliphatic carbocycles. The molecule has 1 aliphatic rings. The number of rotatable bonds is 9. The molecular weight excluding hydrogens is 270 g/mol. The number of carbonyl (C=O) groups excluding carboxylic acids is 1. The first-order chi connectivity index (χ1) is 9.99. The zero-order chi connectivity index (χ0) is 15.7. The highest BCUT2D eigenvalue weighted by Gasteiger charge is 2.24. The minimum atomic E-state index is -0.757. The summed E-state index contributed by atoms with van der Waals surface area (Å²) in [5.41, 5.74) is 0. The Labute approximate surface area is 127 Å². The fourth-order valence-corrected chi connectivity index (χ4v) is 2.58. The minimum absolute atomic E-state index is 0.115. The number of hydrogen-bond acceptors (Lipinski definition) is 3. The second kappa shape index (κ2) is 9.60. The van der Waals surface area contributed by atoms with Gasteiger partial charge in [-0.2, -0.15) is 0 Å². The van der Waals surface area contributed by atoms with Crippen LogP contribution in [0.3, 0.4) is 0 Å². The molecule has 0 aromatic heterocycles. The fraction of sp³-hybridized carbons (Fsp3) is 0.867. The summed E-state index contributed by atoms with van der Waals surface area (Å²) in [5.74, 6) is -0.207. The van der Waals surface area contributed by atoms with Crippen molar-refractivity contribution in [3.8, 4) is 0 Å². The van der Waals surface area contributed by atoms with Gasteiger partial charge in [-0.05, 0) is 45.6 Å². The van der Waals surface area contributed by atoms with Gasteiger partial charge in [0.05, 0.1) is 0 Å². The molecule has 2 amide bonds. The van der Waals surface area contributed by atoms with Crippen molar-refractivity contribution in [2.75, 3.05) is 26.2 Å². The Morgan fingerprint density at radius 1 is 1.24 bits per heavy atom. The number of nitrogens with one attached hydrogen (secondary N) is 2. The van der Waals surface area contributed by atoms with Crippen molar-refractivity contribution in [2.24, 2.45) is 5.92 Å². The molecule has 1 fully saturated rings. The maximum Gasteiger partial charge on any atom is 0.314 e. The van der Waals surface area contributed by atoms with Gasteiger partial charge < -0.3 is 20.6 Å². The summed E-state index contributed by atoms with van der Waals surface area (Å²) in [6.07, 6.45) is 3.68. The molecule has 1 atom stereocenters. The zero-order valence-electron chi connectivity index (χ0n) is 13.2. The Morgan fingerprint density at radius 3 is 2.62 bits per heavy atom. The van der Waals surface area contributed by atoms with E-state index in [4.69, 9.17) is 5.11 Å². The van der Waals surface area contributed by atoms with Gasteiger partial charge in [-0.15, -0.1) is 0 Å². The number of unbranched alkanes of at least 4 members (excludes halogenated alkanes) is 2. The van der Waals surface area contributed by atoms with E-state index in [2.05, 4.69) is 29.4 Å². The lowest BCUT2D eigenvalue weighted by atomic mass is 10.1. The molecule has 0 bridgehead atoms. The maximum atomic E-state index is 11.6. The third kappa shape index (κ3) is 7.90. The summed E-state index contributed by atoms with van der Waals surface area (Å²) in [4.78, 5) is 24.4. The van der Waals surface area contributed by atoms with Gasteiger partial charge in [0, 0.05) is 32.1 Å². The van der Waals surface area contributed by atoms with Gasteiger partial charge in [-0.1, -0.05) is 6.42 Å². The largest absolute Gasteiger partial charge is 0.481 e. The molecule has 1 unspecified atom stereocenters. The number of urea groups is 1. The van der Waals surface area contributed by atoms with E-state index >= 15 is 0 Å². The topological polar surface area (TPSA) is 81.7 Å². The third-order valence-electron chi connectivity index (χ3n) is 3.95. The summed E-state index contributed by atoms with van der Waals surface area (Å²) in [7, 11) is 0. The van der Waals surface area contributed by atoms with Gasteiger partial charge in [0.2, 0.25) is 0 Å². The van der Waals surface area contributed by atoms with Crippen LogP contribution in [0.25, 0.3) is 0 Å². The molecule has 0 saturated carbocycles. The molecule has 122 valence electrons. The summed E-state index contributed by atoms with van der Waals surface area (Å²) in [6.45, 7) is 7.92. The van der Waals surface area contributed by atoms with Crippen LogP contribution in [0.15, 0.2) is 0 Å². The van der Waals surface area contributed by atoms with Crippen LogP contribution in [0, 0.1) is 5.92 Å². The number of carbonyl (C=O) groups is 2. The number of nitrogens with zero attached hydrogens (tertiary/aromatic N) is 1. The van der Waals surface area contributed by atoms with Crippen LogP contribution >= 0.6 is 0 Å². The zero-order valence-corrected chi connectivity index (χ0v) is 13.2. The lowest BCUT2D eigenvalue weighted by Crippen LogP contribution is -2.39. The Kier molecular flexibility index (Phi) is 8.12. The van der Waals surface area contributed by atoms with E-state index < -0.39 is 5.97 Å². The van der Waals surface area contributed by atoms with Crippen LogP contribution in [-0.4, -0.2) is 54.2 Å². The highest BCUT2D eigenvalue weighted by atomic mass is 16.4. The lowest BCUT2D eigenvalue weighted by Gasteiger charge is -2.20. The smallest absolute Gasteiger partial charge is 0.314 e. The van der Waals surface area contributed by atoms with Gasteiger partial charge in [0.15, 0.2) is 0 Å². The van der Waals surface area contributed by atoms with Crippen molar-refractivity contribution in [1.29, 1.82) is 0 Å². The molecule has 1 heterocycles. The number of carboxylic acids is 1. The molecule has 1 aliphatic heterocycles. The number of likely N-dealkylation sites (tertiary alicyclic amines) is 1. The predicted octanol–water partition coefficient (Wildman–Crippen LogP) is 1.66. The lowest BCUT2D eigenvalue weighted by molar-refractivity contribution is -0.137. The molecule has 6 nitrogen and oxygen atoms in total. The highest BCUT2D eigenvalue weighted by molar-refractivity contribution is 5.73. The standard InChI is InChI=1S/C15H29N3O3/c1-12(2)18-9-7-13(11-18)10-17-15(21)16-8-5-3-4-6-14(19)20/h12-13H,3-11H2,1-2H3,(H,19,20)(H2,16,17,21). The van der Waals surface area contributed by atoms with Gasteiger partial charge >= 0.3 is 12.0 Å². The normalized spacial score (nSPS) is 18.9. The number of carboxylic acid groups (broad SMARTS) is 1. The molecular formula is C15H29N3O3. The second-order valence-electron chi connectivity index (χ2n) is 6.08. The van der Waals surface area contributed by atoms with E-state index in [0.29, 0.717) is 24.9 Å². The average molecular weight is 299 g/mol. The van der Waals surface area contributed by atoms with Crippen LogP contribution in [0.1, 0.15) is 46.0 Å². The molecule has 0 spiro atoms.